The molecule has 0 aromatic rings. The van der Waals surface area contributed by atoms with Gasteiger partial charge in [-0.2, -0.15) is 0 Å². The minimum Gasteiger partial charge on any atom is -0.469 e. The molecule has 3 saturated carbocycles. The molecule has 0 unspecified atom stereocenters. The largest absolute Gasteiger partial charge is 0.469 e. The monoisotopic (exact) mass is 622 g/mol. The van der Waals surface area contributed by atoms with E-state index < -0.39 is 32.7 Å². The third kappa shape index (κ3) is 3.09. The number of carbonyl (C=O) groups excluding carboxylic acids is 3. The molecule has 0 spiro atoms. The van der Waals surface area contributed by atoms with Crippen LogP contribution in [0.15, 0.2) is 21.3 Å². The van der Waals surface area contributed by atoms with Crippen LogP contribution in [0.4, 0.5) is 0 Å². The number of allylic oxidation sites excluding steroid dienone is 3. The second-order valence-corrected chi connectivity index (χ2v) is 15.9. The van der Waals surface area contributed by atoms with Crippen molar-refractivity contribution in [2.75, 3.05) is 7.11 Å². The molecule has 5 aliphatic carbocycles. The van der Waals surface area contributed by atoms with Gasteiger partial charge in [0.05, 0.1) is 16.1 Å². The predicted molar refractivity (Wildman–Crippen MR) is 151 cm³/mol. The lowest BCUT2D eigenvalue weighted by atomic mass is 9.33. The van der Waals surface area contributed by atoms with Crippen molar-refractivity contribution in [2.45, 2.75) is 99.0 Å². The third-order valence-electron chi connectivity index (χ3n) is 12.8. The molecule has 6 heteroatoms. The maximum atomic E-state index is 14.4. The average Bonchev–Trinajstić information content (AvgIpc) is 2.82. The van der Waals surface area contributed by atoms with Gasteiger partial charge in [-0.1, -0.05) is 47.6 Å². The van der Waals surface area contributed by atoms with Crippen LogP contribution in [0.1, 0.15) is 93.4 Å². The molecule has 0 heterocycles. The highest BCUT2D eigenvalue weighted by molar-refractivity contribution is 14.1. The summed E-state index contributed by atoms with van der Waals surface area (Å²) in [5, 5.41) is 12.8. The van der Waals surface area contributed by atoms with Crippen molar-refractivity contribution in [3.8, 4) is 0 Å². The van der Waals surface area contributed by atoms with Gasteiger partial charge in [0, 0.05) is 22.2 Å². The highest BCUT2D eigenvalue weighted by atomic mass is 127. The number of Topliss-reactive ketones (excluding diaryl/α,β-unsaturated/α-hetero) is 1. The van der Waals surface area contributed by atoms with Crippen molar-refractivity contribution in [1.82, 2.24) is 0 Å². The Kier molecular flexibility index (Phi) is 5.80. The first-order valence-electron chi connectivity index (χ1n) is 13.9. The Labute approximate surface area is 235 Å². The van der Waals surface area contributed by atoms with Crippen molar-refractivity contribution in [3.05, 3.63) is 21.3 Å². The standard InChI is InChI=1S/C31H43IO5/c1-25(2)19-9-10-29(6)20(28(19,5)16-18(32)23(25)34)15-22(33)31(36)21-17-27(4,24(35)37-8)12-11-26(21,3)13-14-30(29,31)7/h15-16,19,21,36H,9-14,17H2,1-8H3/t19-,21+,26+,27-,28-,29+,30-,31+/m0/s1. The van der Waals surface area contributed by atoms with E-state index in [-0.39, 0.29) is 34.8 Å². The Morgan fingerprint density at radius 1 is 0.973 bits per heavy atom. The molecule has 8 atom stereocenters. The van der Waals surface area contributed by atoms with Crippen LogP contribution in [0.25, 0.3) is 0 Å². The number of carbonyl (C=O) groups is 3. The van der Waals surface area contributed by atoms with Gasteiger partial charge in [-0.15, -0.1) is 0 Å². The topological polar surface area (TPSA) is 80.7 Å². The second kappa shape index (κ2) is 7.80. The van der Waals surface area contributed by atoms with E-state index in [1.165, 1.54) is 7.11 Å². The van der Waals surface area contributed by atoms with Crippen LogP contribution in [0.3, 0.4) is 0 Å². The number of ketones is 2. The van der Waals surface area contributed by atoms with Gasteiger partial charge in [0.25, 0.3) is 0 Å². The summed E-state index contributed by atoms with van der Waals surface area (Å²) in [5.41, 5.74) is -3.45. The third-order valence-corrected chi connectivity index (χ3v) is 13.6. The van der Waals surface area contributed by atoms with E-state index in [0.717, 1.165) is 41.3 Å². The SMILES string of the molecule is COC(=O)[C@@]1(C)CC[C@]2(C)CC[C@@]3(C)[C@]4(C)CC[C@H]5C(C)(C)C(=O)C(I)=C[C@]5(C)C4=CC(=O)[C@]3(O)[C@@H]2C1. The number of hydrogen-bond donors (Lipinski definition) is 1. The fourth-order valence-corrected chi connectivity index (χ4v) is 11.4. The van der Waals surface area contributed by atoms with Crippen molar-refractivity contribution >= 4 is 40.1 Å². The van der Waals surface area contributed by atoms with Crippen LogP contribution in [-0.4, -0.2) is 35.4 Å². The number of esters is 1. The minimum atomic E-state index is -1.56. The Bertz CT molecular complexity index is 1170. The molecule has 37 heavy (non-hydrogen) atoms. The average molecular weight is 623 g/mol. The van der Waals surface area contributed by atoms with Gasteiger partial charge in [-0.25, -0.2) is 0 Å². The molecule has 3 fully saturated rings. The van der Waals surface area contributed by atoms with E-state index >= 15 is 0 Å². The van der Waals surface area contributed by atoms with Gasteiger partial charge in [-0.05, 0) is 103 Å². The number of aliphatic hydroxyl groups is 1. The molecule has 5 nitrogen and oxygen atoms in total. The molecule has 0 aliphatic heterocycles. The van der Waals surface area contributed by atoms with Crippen LogP contribution in [-0.2, 0) is 19.1 Å². The number of ether oxygens (including phenoxy) is 1. The Morgan fingerprint density at radius 3 is 2.22 bits per heavy atom. The van der Waals surface area contributed by atoms with Crippen LogP contribution >= 0.6 is 22.6 Å². The molecular weight excluding hydrogens is 579 g/mol. The van der Waals surface area contributed by atoms with Gasteiger partial charge in [0.2, 0.25) is 0 Å². The molecule has 0 amide bonds. The summed E-state index contributed by atoms with van der Waals surface area (Å²) in [6.07, 6.45) is 9.20. The summed E-state index contributed by atoms with van der Waals surface area (Å²) in [4.78, 5) is 40.4. The number of hydrogen-bond acceptors (Lipinski definition) is 5. The molecule has 5 rings (SSSR count). The Balaban J connectivity index is 1.70. The fraction of sp³-hybridized carbons (Fsp3) is 0.774. The van der Waals surface area contributed by atoms with E-state index in [0.29, 0.717) is 12.8 Å². The number of rotatable bonds is 1. The summed E-state index contributed by atoms with van der Waals surface area (Å²) in [6.45, 7) is 14.8. The van der Waals surface area contributed by atoms with Gasteiger partial charge in [0.1, 0.15) is 5.60 Å². The lowest BCUT2D eigenvalue weighted by Crippen LogP contribution is -2.74. The highest BCUT2D eigenvalue weighted by Crippen LogP contribution is 2.75. The van der Waals surface area contributed by atoms with Crippen molar-refractivity contribution in [1.29, 1.82) is 0 Å². The zero-order valence-electron chi connectivity index (χ0n) is 23.7. The Hall–Kier alpha value is -1.02. The molecule has 0 saturated heterocycles. The zero-order valence-corrected chi connectivity index (χ0v) is 25.9. The summed E-state index contributed by atoms with van der Waals surface area (Å²) < 4.78 is 5.93. The summed E-state index contributed by atoms with van der Waals surface area (Å²) in [7, 11) is 1.42. The van der Waals surface area contributed by atoms with Crippen LogP contribution in [0.2, 0.25) is 0 Å². The highest BCUT2D eigenvalue weighted by Gasteiger charge is 2.75. The van der Waals surface area contributed by atoms with Crippen molar-refractivity contribution in [2.24, 2.45) is 44.3 Å². The smallest absolute Gasteiger partial charge is 0.311 e. The van der Waals surface area contributed by atoms with E-state index in [4.69, 9.17) is 4.74 Å². The summed E-state index contributed by atoms with van der Waals surface area (Å²) >= 11 is 2.17. The maximum Gasteiger partial charge on any atom is 0.311 e. The van der Waals surface area contributed by atoms with Crippen molar-refractivity contribution < 1.29 is 24.2 Å². The number of halogens is 1. The molecule has 0 aromatic heterocycles. The summed E-state index contributed by atoms with van der Waals surface area (Å²) in [5.74, 6) is -0.517. The fourth-order valence-electron chi connectivity index (χ4n) is 10.0. The van der Waals surface area contributed by atoms with Crippen LogP contribution in [0.5, 0.6) is 0 Å². The van der Waals surface area contributed by atoms with E-state index in [9.17, 15) is 19.5 Å². The Morgan fingerprint density at radius 2 is 1.59 bits per heavy atom. The number of fused-ring (bicyclic) bond motifs is 7. The molecule has 0 bridgehead atoms. The van der Waals surface area contributed by atoms with Gasteiger partial charge < -0.3 is 9.84 Å². The molecule has 5 aliphatic rings. The summed E-state index contributed by atoms with van der Waals surface area (Å²) in [6, 6.07) is 0. The first-order chi connectivity index (χ1) is 16.9. The predicted octanol–water partition coefficient (Wildman–Crippen LogP) is 6.36. The molecule has 204 valence electrons. The first kappa shape index (κ1) is 27.5. The lowest BCUT2D eigenvalue weighted by Gasteiger charge is -2.71. The molecule has 1 N–H and O–H groups in total. The number of methoxy groups -OCH3 is 1. The maximum absolute atomic E-state index is 14.4. The minimum absolute atomic E-state index is 0.0964. The molecular formula is C31H43IO5. The lowest BCUT2D eigenvalue weighted by molar-refractivity contribution is -0.244. The van der Waals surface area contributed by atoms with Gasteiger partial charge in [0.15, 0.2) is 11.6 Å². The molecule has 0 aromatic carbocycles. The van der Waals surface area contributed by atoms with E-state index in [1.54, 1.807) is 6.08 Å². The zero-order chi connectivity index (χ0) is 27.6. The first-order valence-corrected chi connectivity index (χ1v) is 15.0. The van der Waals surface area contributed by atoms with Crippen molar-refractivity contribution in [3.63, 3.8) is 0 Å². The van der Waals surface area contributed by atoms with Crippen LogP contribution < -0.4 is 0 Å². The van der Waals surface area contributed by atoms with E-state index in [1.807, 2.05) is 6.92 Å². The normalized spacial score (nSPS) is 50.5. The van der Waals surface area contributed by atoms with Gasteiger partial charge in [-0.3, -0.25) is 14.4 Å². The second-order valence-electron chi connectivity index (χ2n) is 14.7. The van der Waals surface area contributed by atoms with Crippen LogP contribution in [0, 0.1) is 44.3 Å². The van der Waals surface area contributed by atoms with Gasteiger partial charge >= 0.3 is 5.97 Å². The molecule has 0 radical (unpaired) electrons. The van der Waals surface area contributed by atoms with E-state index in [2.05, 4.69) is 70.2 Å². The quantitative estimate of drug-likeness (QED) is 0.272.